The number of nitrogens with zero attached hydrogens (tertiary/aromatic N) is 3. The largest absolute Gasteiger partial charge is 0.482 e. The van der Waals surface area contributed by atoms with Gasteiger partial charge in [-0.3, -0.25) is 9.59 Å². The van der Waals surface area contributed by atoms with Crippen molar-refractivity contribution in [3.63, 3.8) is 0 Å². The van der Waals surface area contributed by atoms with Gasteiger partial charge in [0.1, 0.15) is 11.6 Å². The monoisotopic (exact) mass is 426 g/mol. The van der Waals surface area contributed by atoms with Crippen LogP contribution in [0.1, 0.15) is 21.1 Å². The number of ketones is 1. The van der Waals surface area contributed by atoms with Crippen molar-refractivity contribution in [3.05, 3.63) is 64.6 Å². The maximum atomic E-state index is 12.7. The number of benzene rings is 1. The topological polar surface area (TPSA) is 86.1 Å². The van der Waals surface area contributed by atoms with Gasteiger partial charge in [-0.1, -0.05) is 23.9 Å². The minimum absolute atomic E-state index is 0.0110. The highest BCUT2D eigenvalue weighted by Gasteiger charge is 2.19. The van der Waals surface area contributed by atoms with Gasteiger partial charge in [0.25, 0.3) is 5.91 Å². The zero-order valence-corrected chi connectivity index (χ0v) is 17.1. The van der Waals surface area contributed by atoms with Crippen LogP contribution in [0.3, 0.4) is 0 Å². The van der Waals surface area contributed by atoms with Crippen LogP contribution in [-0.2, 0) is 17.8 Å². The number of amides is 1. The van der Waals surface area contributed by atoms with Gasteiger partial charge in [0.2, 0.25) is 0 Å². The van der Waals surface area contributed by atoms with Crippen LogP contribution in [0, 0.1) is 0 Å². The lowest BCUT2D eigenvalue weighted by molar-refractivity contribution is -0.118. The number of nitrogens with one attached hydrogen (secondary N) is 1. The van der Waals surface area contributed by atoms with E-state index in [-0.39, 0.29) is 24.1 Å². The number of carbonyl (C=O) groups is 2. The van der Waals surface area contributed by atoms with E-state index in [2.05, 4.69) is 28.2 Å². The SMILES string of the molecule is C=CCn1c(Cc2cccs2)nnc1SCC(=O)c1ccc2c(c1)NC(=O)CO2. The maximum absolute atomic E-state index is 12.7. The number of carbonyl (C=O) groups excluding carboxylic acids is 2. The predicted octanol–water partition coefficient (Wildman–Crippen LogP) is 3.42. The molecule has 0 unspecified atom stereocenters. The number of thioether (sulfide) groups is 1. The van der Waals surface area contributed by atoms with Crippen LogP contribution >= 0.6 is 23.1 Å². The van der Waals surface area contributed by atoms with Crippen molar-refractivity contribution in [2.75, 3.05) is 17.7 Å². The molecule has 0 radical (unpaired) electrons. The second-order valence-corrected chi connectivity index (χ2v) is 8.29. The van der Waals surface area contributed by atoms with Crippen LogP contribution in [0.25, 0.3) is 0 Å². The molecule has 0 saturated carbocycles. The Morgan fingerprint density at radius 3 is 3.07 bits per heavy atom. The third-order valence-electron chi connectivity index (χ3n) is 4.28. The smallest absolute Gasteiger partial charge is 0.262 e. The summed E-state index contributed by atoms with van der Waals surface area (Å²) < 4.78 is 7.31. The number of thiophene rings is 1. The maximum Gasteiger partial charge on any atom is 0.262 e. The molecule has 9 heteroatoms. The third-order valence-corrected chi connectivity index (χ3v) is 6.13. The average Bonchev–Trinajstić information content (AvgIpc) is 3.37. The summed E-state index contributed by atoms with van der Waals surface area (Å²) in [7, 11) is 0. The molecule has 1 N–H and O–H groups in total. The third kappa shape index (κ3) is 4.41. The van der Waals surface area contributed by atoms with E-state index in [1.54, 1.807) is 35.6 Å². The fraction of sp³-hybridized carbons (Fsp3) is 0.200. The van der Waals surface area contributed by atoms with Crippen LogP contribution in [0.2, 0.25) is 0 Å². The number of ether oxygens (including phenoxy) is 1. The molecule has 1 aliphatic heterocycles. The summed E-state index contributed by atoms with van der Waals surface area (Å²) in [6.07, 6.45) is 2.48. The fourth-order valence-corrected chi connectivity index (χ4v) is 4.47. The zero-order valence-electron chi connectivity index (χ0n) is 15.5. The Morgan fingerprint density at radius 2 is 2.28 bits per heavy atom. The van der Waals surface area contributed by atoms with Gasteiger partial charge in [0.05, 0.1) is 11.4 Å². The summed E-state index contributed by atoms with van der Waals surface area (Å²) in [4.78, 5) is 25.4. The molecule has 3 aromatic rings. The summed E-state index contributed by atoms with van der Waals surface area (Å²) >= 11 is 3.01. The first kappa shape index (κ1) is 19.4. The van der Waals surface area contributed by atoms with Crippen molar-refractivity contribution < 1.29 is 14.3 Å². The molecule has 3 heterocycles. The van der Waals surface area contributed by atoms with Crippen molar-refractivity contribution in [2.45, 2.75) is 18.1 Å². The Morgan fingerprint density at radius 1 is 1.38 bits per heavy atom. The van der Waals surface area contributed by atoms with Gasteiger partial charge in [-0.05, 0) is 29.6 Å². The zero-order chi connectivity index (χ0) is 20.2. The Balaban J connectivity index is 1.46. The average molecular weight is 427 g/mol. The molecule has 2 aromatic heterocycles. The van der Waals surface area contributed by atoms with E-state index in [1.807, 2.05) is 16.0 Å². The first-order valence-corrected chi connectivity index (χ1v) is 10.8. The van der Waals surface area contributed by atoms with Gasteiger partial charge >= 0.3 is 0 Å². The summed E-state index contributed by atoms with van der Waals surface area (Å²) in [6.45, 7) is 4.37. The van der Waals surface area contributed by atoms with Gasteiger partial charge in [0.15, 0.2) is 17.5 Å². The van der Waals surface area contributed by atoms with Crippen molar-refractivity contribution in [2.24, 2.45) is 0 Å². The lowest BCUT2D eigenvalue weighted by Crippen LogP contribution is -2.25. The number of allylic oxidation sites excluding steroid dienone is 1. The highest BCUT2D eigenvalue weighted by atomic mass is 32.2. The Kier molecular flexibility index (Phi) is 5.77. The minimum atomic E-state index is -0.229. The molecular weight excluding hydrogens is 408 g/mol. The quantitative estimate of drug-likeness (QED) is 0.337. The summed E-state index contributed by atoms with van der Waals surface area (Å²) in [5.41, 5.74) is 1.03. The molecule has 148 valence electrons. The van der Waals surface area contributed by atoms with E-state index in [0.29, 0.717) is 35.1 Å². The van der Waals surface area contributed by atoms with Crippen molar-refractivity contribution in [3.8, 4) is 5.75 Å². The Hall–Kier alpha value is -2.91. The van der Waals surface area contributed by atoms with Gasteiger partial charge in [-0.2, -0.15) is 0 Å². The number of rotatable bonds is 8. The van der Waals surface area contributed by atoms with Crippen molar-refractivity contribution in [1.82, 2.24) is 14.8 Å². The molecule has 1 aromatic carbocycles. The molecule has 0 spiro atoms. The normalized spacial score (nSPS) is 12.8. The van der Waals surface area contributed by atoms with Crippen LogP contribution in [0.15, 0.2) is 53.5 Å². The van der Waals surface area contributed by atoms with E-state index in [1.165, 1.54) is 16.6 Å². The first-order chi connectivity index (χ1) is 14.1. The number of hydrogen-bond donors (Lipinski definition) is 1. The minimum Gasteiger partial charge on any atom is -0.482 e. The highest BCUT2D eigenvalue weighted by Crippen LogP contribution is 2.29. The lowest BCUT2D eigenvalue weighted by Gasteiger charge is -2.18. The Labute approximate surface area is 175 Å². The number of fused-ring (bicyclic) bond motifs is 1. The Bertz CT molecular complexity index is 1060. The molecule has 0 atom stereocenters. The molecular formula is C20H18N4O3S2. The van der Waals surface area contributed by atoms with Crippen LogP contribution in [0.5, 0.6) is 5.75 Å². The molecule has 1 amide bonds. The van der Waals surface area contributed by atoms with Crippen LogP contribution in [-0.4, -0.2) is 38.8 Å². The van der Waals surface area contributed by atoms with E-state index in [4.69, 9.17) is 4.74 Å². The predicted molar refractivity (Wildman–Crippen MR) is 113 cm³/mol. The second-order valence-electron chi connectivity index (χ2n) is 6.31. The van der Waals surface area contributed by atoms with Crippen LogP contribution < -0.4 is 10.1 Å². The molecule has 0 saturated heterocycles. The number of hydrogen-bond acceptors (Lipinski definition) is 7. The highest BCUT2D eigenvalue weighted by molar-refractivity contribution is 7.99. The van der Waals surface area contributed by atoms with Crippen LogP contribution in [0.4, 0.5) is 5.69 Å². The lowest BCUT2D eigenvalue weighted by atomic mass is 10.1. The van der Waals surface area contributed by atoms with Crippen molar-refractivity contribution >= 4 is 40.5 Å². The molecule has 4 rings (SSSR count). The number of Topliss-reactive ketones (excluding diaryl/α,β-unsaturated/α-hetero) is 1. The number of anilines is 1. The van der Waals surface area contributed by atoms with E-state index in [0.717, 1.165) is 5.82 Å². The second kappa shape index (κ2) is 8.62. The van der Waals surface area contributed by atoms with Crippen molar-refractivity contribution in [1.29, 1.82) is 0 Å². The molecule has 29 heavy (non-hydrogen) atoms. The van der Waals surface area contributed by atoms with E-state index < -0.39 is 0 Å². The molecule has 0 fully saturated rings. The summed E-state index contributed by atoms with van der Waals surface area (Å²) in [5.74, 6) is 1.33. The molecule has 0 bridgehead atoms. The van der Waals surface area contributed by atoms with E-state index in [9.17, 15) is 9.59 Å². The first-order valence-electron chi connectivity index (χ1n) is 8.92. The standard InChI is InChI=1S/C20H18N4O3S2/c1-2-7-24-18(10-14-4-3-8-28-14)22-23-20(24)29-12-16(25)13-5-6-17-15(9-13)21-19(26)11-27-17/h2-6,8-9H,1,7,10-12H2,(H,21,26). The molecule has 0 aliphatic carbocycles. The summed E-state index contributed by atoms with van der Waals surface area (Å²) in [6, 6.07) is 9.12. The van der Waals surface area contributed by atoms with Gasteiger partial charge in [-0.25, -0.2) is 0 Å². The summed E-state index contributed by atoms with van der Waals surface area (Å²) in [5, 5.41) is 14.0. The molecule has 1 aliphatic rings. The van der Waals surface area contributed by atoms with E-state index >= 15 is 0 Å². The van der Waals surface area contributed by atoms with Gasteiger partial charge in [0, 0.05) is 23.4 Å². The fourth-order valence-electron chi connectivity index (χ4n) is 2.91. The van der Waals surface area contributed by atoms with Gasteiger partial charge in [-0.15, -0.1) is 28.1 Å². The number of aromatic nitrogens is 3. The van der Waals surface area contributed by atoms with Gasteiger partial charge < -0.3 is 14.6 Å². The molecule has 7 nitrogen and oxygen atoms in total.